The van der Waals surface area contributed by atoms with Crippen molar-refractivity contribution in [2.75, 3.05) is 0 Å². The molecular formula is C16H13N. The van der Waals surface area contributed by atoms with E-state index in [2.05, 4.69) is 36.0 Å². The maximum atomic E-state index is 7.09. The van der Waals surface area contributed by atoms with Gasteiger partial charge in [0.2, 0.25) is 0 Å². The second kappa shape index (κ2) is 5.14. The van der Waals surface area contributed by atoms with E-state index in [1.165, 1.54) is 5.56 Å². The summed E-state index contributed by atoms with van der Waals surface area (Å²) < 4.78 is 0. The van der Waals surface area contributed by atoms with E-state index >= 15 is 0 Å². The summed E-state index contributed by atoms with van der Waals surface area (Å²) in [5, 5.41) is 0. The first kappa shape index (κ1) is 11.2. The molecule has 2 rings (SSSR count). The molecule has 82 valence electrons. The molecule has 0 aliphatic rings. The lowest BCUT2D eigenvalue weighted by atomic mass is 10.1. The molecule has 2 aromatic carbocycles. The zero-order chi connectivity index (χ0) is 12.1. The van der Waals surface area contributed by atoms with E-state index < -0.39 is 0 Å². The van der Waals surface area contributed by atoms with E-state index in [1.54, 1.807) is 0 Å². The monoisotopic (exact) mass is 219 g/mol. The lowest BCUT2D eigenvalue weighted by molar-refractivity contribution is 1.46. The fourth-order valence-electron chi connectivity index (χ4n) is 1.59. The molecule has 0 saturated heterocycles. The molecule has 1 heteroatoms. The van der Waals surface area contributed by atoms with E-state index in [1.807, 2.05) is 36.4 Å². The summed E-state index contributed by atoms with van der Waals surface area (Å²) in [7, 11) is 0. The van der Waals surface area contributed by atoms with Crippen LogP contribution < -0.4 is 0 Å². The molecule has 2 aromatic rings. The maximum Gasteiger partial charge on any atom is 0.194 e. The molecule has 0 spiro atoms. The Bertz CT molecular complexity index is 571. The molecule has 0 aliphatic carbocycles. The normalized spacial score (nSPS) is 10.4. The van der Waals surface area contributed by atoms with Crippen LogP contribution in [0, 0.1) is 13.5 Å². The summed E-state index contributed by atoms with van der Waals surface area (Å²) in [6.07, 6.45) is 4.02. The Labute approximate surface area is 102 Å². The van der Waals surface area contributed by atoms with Crippen LogP contribution >= 0.6 is 0 Å². The summed E-state index contributed by atoms with van der Waals surface area (Å²) in [4.78, 5) is 3.50. The minimum absolute atomic E-state index is 0.691. The third kappa shape index (κ3) is 2.83. The van der Waals surface area contributed by atoms with E-state index in [4.69, 9.17) is 6.57 Å². The number of hydrogen-bond acceptors (Lipinski definition) is 0. The van der Waals surface area contributed by atoms with Crippen molar-refractivity contribution in [1.29, 1.82) is 0 Å². The largest absolute Gasteiger partial charge is 0.238 e. The van der Waals surface area contributed by atoms with Gasteiger partial charge in [-0.15, -0.1) is 0 Å². The van der Waals surface area contributed by atoms with E-state index in [0.717, 1.165) is 11.1 Å². The first-order chi connectivity index (χ1) is 8.29. The quantitative estimate of drug-likeness (QED) is 0.508. The Hall–Kier alpha value is -2.33. The first-order valence-electron chi connectivity index (χ1n) is 5.51. The topological polar surface area (TPSA) is 4.36 Å². The van der Waals surface area contributed by atoms with E-state index in [0.29, 0.717) is 5.69 Å². The summed E-state index contributed by atoms with van der Waals surface area (Å²) in [5.74, 6) is 0. The third-order valence-electron chi connectivity index (χ3n) is 2.59. The molecule has 0 N–H and O–H groups in total. The van der Waals surface area contributed by atoms with Crippen LogP contribution in [0.4, 0.5) is 5.69 Å². The predicted molar refractivity (Wildman–Crippen MR) is 72.8 cm³/mol. The zero-order valence-electron chi connectivity index (χ0n) is 9.72. The molecule has 0 aromatic heterocycles. The Morgan fingerprint density at radius 3 is 2.35 bits per heavy atom. The van der Waals surface area contributed by atoms with Crippen LogP contribution in [0.3, 0.4) is 0 Å². The summed E-state index contributed by atoms with van der Waals surface area (Å²) >= 11 is 0. The van der Waals surface area contributed by atoms with Crippen LogP contribution in [0.15, 0.2) is 48.5 Å². The molecule has 0 bridgehead atoms. The highest BCUT2D eigenvalue weighted by Gasteiger charge is 1.95. The molecular weight excluding hydrogens is 206 g/mol. The summed E-state index contributed by atoms with van der Waals surface area (Å²) in [6, 6.07) is 15.9. The van der Waals surface area contributed by atoms with Gasteiger partial charge in [-0.25, -0.2) is 4.85 Å². The maximum absolute atomic E-state index is 7.09. The highest BCUT2D eigenvalue weighted by molar-refractivity contribution is 5.76. The van der Waals surface area contributed by atoms with Crippen LogP contribution in [0.25, 0.3) is 17.0 Å². The van der Waals surface area contributed by atoms with Crippen molar-refractivity contribution in [1.82, 2.24) is 0 Å². The highest BCUT2D eigenvalue weighted by atomic mass is 14.6. The minimum Gasteiger partial charge on any atom is -0.238 e. The van der Waals surface area contributed by atoms with Crippen LogP contribution in [0.1, 0.15) is 16.7 Å². The number of benzene rings is 2. The van der Waals surface area contributed by atoms with Gasteiger partial charge >= 0.3 is 0 Å². The van der Waals surface area contributed by atoms with Gasteiger partial charge in [-0.1, -0.05) is 66.2 Å². The Morgan fingerprint density at radius 1 is 0.941 bits per heavy atom. The molecule has 1 nitrogen and oxygen atoms in total. The van der Waals surface area contributed by atoms with Gasteiger partial charge < -0.3 is 0 Å². The van der Waals surface area contributed by atoms with Gasteiger partial charge in [-0.05, 0) is 18.1 Å². The molecule has 17 heavy (non-hydrogen) atoms. The number of hydrogen-bond donors (Lipinski definition) is 0. The SMILES string of the molecule is [C-]#[N+]c1ccccc1/C=C/c1ccc(C)cc1. The summed E-state index contributed by atoms with van der Waals surface area (Å²) in [6.45, 7) is 9.16. The van der Waals surface area contributed by atoms with Crippen LogP contribution in [-0.2, 0) is 0 Å². The fourth-order valence-corrected chi connectivity index (χ4v) is 1.59. The van der Waals surface area contributed by atoms with Gasteiger partial charge in [-0.3, -0.25) is 0 Å². The number of rotatable bonds is 2. The predicted octanol–water partition coefficient (Wildman–Crippen LogP) is 4.72. The van der Waals surface area contributed by atoms with Crippen molar-refractivity contribution in [2.24, 2.45) is 0 Å². The third-order valence-corrected chi connectivity index (χ3v) is 2.59. The van der Waals surface area contributed by atoms with E-state index in [-0.39, 0.29) is 0 Å². The first-order valence-corrected chi connectivity index (χ1v) is 5.51. The van der Waals surface area contributed by atoms with Crippen molar-refractivity contribution in [3.8, 4) is 0 Å². The van der Waals surface area contributed by atoms with Gasteiger partial charge in [0.15, 0.2) is 5.69 Å². The average molecular weight is 219 g/mol. The Balaban J connectivity index is 2.26. The van der Waals surface area contributed by atoms with E-state index in [9.17, 15) is 0 Å². The fraction of sp³-hybridized carbons (Fsp3) is 0.0625. The Morgan fingerprint density at radius 2 is 1.65 bits per heavy atom. The van der Waals surface area contributed by atoms with Gasteiger partial charge in [0, 0.05) is 0 Å². The lowest BCUT2D eigenvalue weighted by Crippen LogP contribution is -1.75. The molecule has 0 fully saturated rings. The van der Waals surface area contributed by atoms with Gasteiger partial charge in [0.25, 0.3) is 0 Å². The number of aryl methyl sites for hydroxylation is 1. The van der Waals surface area contributed by atoms with Crippen molar-refractivity contribution in [3.05, 3.63) is 76.6 Å². The minimum atomic E-state index is 0.691. The Kier molecular flexibility index (Phi) is 3.37. The number of para-hydroxylation sites is 1. The molecule has 0 amide bonds. The van der Waals surface area contributed by atoms with Crippen molar-refractivity contribution < 1.29 is 0 Å². The molecule has 0 heterocycles. The van der Waals surface area contributed by atoms with Crippen LogP contribution in [0.2, 0.25) is 0 Å². The van der Waals surface area contributed by atoms with Gasteiger partial charge in [0.05, 0.1) is 6.57 Å². The second-order valence-electron chi connectivity index (χ2n) is 3.91. The van der Waals surface area contributed by atoms with Crippen LogP contribution in [-0.4, -0.2) is 0 Å². The molecule has 0 atom stereocenters. The van der Waals surface area contributed by atoms with Gasteiger partial charge in [-0.2, -0.15) is 0 Å². The zero-order valence-corrected chi connectivity index (χ0v) is 9.72. The van der Waals surface area contributed by atoms with Crippen molar-refractivity contribution in [2.45, 2.75) is 6.92 Å². The highest BCUT2D eigenvalue weighted by Crippen LogP contribution is 2.20. The summed E-state index contributed by atoms with van der Waals surface area (Å²) in [5.41, 5.74) is 4.05. The standard InChI is InChI=1S/C16H13N/c1-13-7-9-14(10-8-13)11-12-15-5-3-4-6-16(15)17-2/h3-12H,1H3/b12-11+. The smallest absolute Gasteiger partial charge is 0.194 e. The molecule has 0 radical (unpaired) electrons. The van der Waals surface area contributed by atoms with Crippen molar-refractivity contribution >= 4 is 17.8 Å². The molecule has 0 aliphatic heterocycles. The average Bonchev–Trinajstić information content (AvgIpc) is 2.38. The van der Waals surface area contributed by atoms with Gasteiger partial charge in [0.1, 0.15) is 0 Å². The lowest BCUT2D eigenvalue weighted by Gasteiger charge is -1.97. The molecule has 0 saturated carbocycles. The van der Waals surface area contributed by atoms with Crippen molar-refractivity contribution in [3.63, 3.8) is 0 Å². The second-order valence-corrected chi connectivity index (χ2v) is 3.91. The van der Waals surface area contributed by atoms with Crippen LogP contribution in [0.5, 0.6) is 0 Å². The molecule has 0 unspecified atom stereocenters. The number of nitrogens with zero attached hydrogens (tertiary/aromatic N) is 1.